The Labute approximate surface area is 369 Å². The number of ether oxygens (including phenoxy) is 2. The third-order valence-electron chi connectivity index (χ3n) is 11.1. The molecule has 15 heteroatoms. The molecule has 4 fully saturated rings. The topological polar surface area (TPSA) is 200 Å². The maximum absolute atomic E-state index is 12.3. The average Bonchev–Trinajstić information content (AvgIpc) is 3.74. The van der Waals surface area contributed by atoms with Crippen molar-refractivity contribution >= 4 is 47.4 Å². The third-order valence-corrected chi connectivity index (χ3v) is 12.1. The van der Waals surface area contributed by atoms with Gasteiger partial charge in [0.25, 0.3) is 0 Å². The minimum absolute atomic E-state index is 0.0498. The van der Waals surface area contributed by atoms with E-state index in [1.807, 2.05) is 58.0 Å². The van der Waals surface area contributed by atoms with E-state index < -0.39 is 12.1 Å². The number of allylic oxidation sites excluding steroid dienone is 2. The number of amides is 3. The minimum Gasteiger partial charge on any atom is -0.493 e. The first-order valence-electron chi connectivity index (χ1n) is 22.2. The van der Waals surface area contributed by atoms with Gasteiger partial charge in [0.2, 0.25) is 24.1 Å². The monoisotopic (exact) mass is 876 g/mol. The van der Waals surface area contributed by atoms with Gasteiger partial charge >= 0.3 is 0 Å². The van der Waals surface area contributed by atoms with Crippen molar-refractivity contribution in [3.05, 3.63) is 42.0 Å². The molecular weight excluding hydrogens is 799 g/mol. The molecule has 3 aliphatic carbocycles. The highest BCUT2D eigenvalue weighted by Crippen LogP contribution is 2.36. The first-order valence-corrected chi connectivity index (χ1v) is 23.1. The van der Waals surface area contributed by atoms with Gasteiger partial charge in [-0.05, 0) is 82.9 Å². The molecule has 346 valence electrons. The number of aliphatic hydroxyl groups is 1. The largest absolute Gasteiger partial charge is 0.493 e. The van der Waals surface area contributed by atoms with E-state index in [9.17, 15) is 19.2 Å². The van der Waals surface area contributed by atoms with Crippen LogP contribution in [0.4, 0.5) is 0 Å². The number of nitrogens with one attached hydrogen (secondary N) is 3. The third kappa shape index (κ3) is 21.2. The van der Waals surface area contributed by atoms with Gasteiger partial charge < -0.3 is 34.9 Å². The van der Waals surface area contributed by atoms with Gasteiger partial charge in [-0.2, -0.15) is 0 Å². The molecule has 2 heterocycles. The Hall–Kier alpha value is -3.76. The number of aldehydes is 1. The van der Waals surface area contributed by atoms with Crippen LogP contribution in [-0.2, 0) is 25.6 Å². The Bertz CT molecular complexity index is 1510. The van der Waals surface area contributed by atoms with Gasteiger partial charge in [-0.25, -0.2) is 4.98 Å². The van der Waals surface area contributed by atoms with Crippen molar-refractivity contribution in [2.75, 3.05) is 41.0 Å². The van der Waals surface area contributed by atoms with Crippen LogP contribution in [-0.4, -0.2) is 108 Å². The second-order valence-corrected chi connectivity index (χ2v) is 16.7. The Morgan fingerprint density at radius 1 is 0.951 bits per heavy atom. The smallest absolute Gasteiger partial charge is 0.243 e. The highest BCUT2D eigenvalue weighted by molar-refractivity contribution is 7.98. The number of benzene rings is 1. The standard InChI is InChI=1S/C22H29NO2.C14H23N3O4.C5H10.C4H9NS.CH4O.H2O2/c1-3-25-21-18-14-9-10-16-20(18)23-22(24-2)19(21)15-6-4-5-11-17-12-7-8-13-17;1-3-10(2)11(8-18)16-14(21)12-5-4-6-17(12)13(20)7-15-9-19;1-2-4-5-3-1;1-5-6-4-2-3-4;2*1-2/h4,6,9-10,14,16-17H,3,5,7-8,11-13,15H2,1-2H3;8-12H,3-7H2,1-2H3,(H,15,19)(H,16,21);1-5H2;4-5H,2-3H2,1H3;2H,1H3;1-2H/b6-4+;;;;;/t;10-,11?,12?;;;;/m.0..../s1. The summed E-state index contributed by atoms with van der Waals surface area (Å²) in [4.78, 5) is 51.6. The molecule has 2 aromatic rings. The van der Waals surface area contributed by atoms with Crippen molar-refractivity contribution in [1.29, 1.82) is 0 Å². The van der Waals surface area contributed by atoms with Gasteiger partial charge in [0.15, 0.2) is 0 Å². The van der Waals surface area contributed by atoms with Crippen LogP contribution >= 0.6 is 11.9 Å². The molecule has 61 heavy (non-hydrogen) atoms. The molecule has 6 N–H and O–H groups in total. The first-order chi connectivity index (χ1) is 29.8. The van der Waals surface area contributed by atoms with Crippen LogP contribution in [0.1, 0.15) is 129 Å². The van der Waals surface area contributed by atoms with Crippen LogP contribution in [0.2, 0.25) is 0 Å². The number of rotatable bonds is 18. The zero-order chi connectivity index (χ0) is 45.3. The van der Waals surface area contributed by atoms with Crippen molar-refractivity contribution in [2.24, 2.45) is 11.8 Å². The molecule has 2 unspecified atom stereocenters. The number of nitrogens with zero attached hydrogens (tertiary/aromatic N) is 2. The minimum atomic E-state index is -0.558. The lowest BCUT2D eigenvalue weighted by molar-refractivity contribution is -0.176. The normalized spacial score (nSPS) is 17.6. The van der Waals surface area contributed by atoms with E-state index in [1.165, 1.54) is 81.9 Å². The molecule has 3 atom stereocenters. The van der Waals surface area contributed by atoms with Gasteiger partial charge in [-0.1, -0.05) is 114 Å². The summed E-state index contributed by atoms with van der Waals surface area (Å²) in [6, 6.07) is 7.00. The van der Waals surface area contributed by atoms with Crippen LogP contribution in [0, 0.1) is 11.8 Å². The van der Waals surface area contributed by atoms with Gasteiger partial charge in [0, 0.05) is 24.3 Å². The number of hydrogen-bond donors (Lipinski definition) is 6. The van der Waals surface area contributed by atoms with Crippen molar-refractivity contribution in [1.82, 2.24) is 25.2 Å². The summed E-state index contributed by atoms with van der Waals surface area (Å²) in [5.74, 6) is 1.98. The van der Waals surface area contributed by atoms with Crippen molar-refractivity contribution in [3.63, 3.8) is 0 Å². The second-order valence-electron chi connectivity index (χ2n) is 15.4. The number of aromatic nitrogens is 1. The maximum Gasteiger partial charge on any atom is 0.243 e. The summed E-state index contributed by atoms with van der Waals surface area (Å²) in [6.45, 7) is 6.87. The van der Waals surface area contributed by atoms with E-state index in [0.717, 1.165) is 72.5 Å². The number of para-hydroxylation sites is 1. The van der Waals surface area contributed by atoms with Crippen LogP contribution < -0.4 is 24.8 Å². The molecule has 1 aliphatic heterocycles. The summed E-state index contributed by atoms with van der Waals surface area (Å²) in [5.41, 5.74) is 1.96. The SMILES string of the molecule is C1CCCC1.CCOc1c(C/C=C/CCC2CCCC2)c(OC)nc2ccccc12.CC[C@H](C)C(C=O)NC(=O)C1CCCN1C(=O)CNC=O.CNSC1CC1.CO.OO. The van der Waals surface area contributed by atoms with E-state index in [1.54, 1.807) is 7.11 Å². The summed E-state index contributed by atoms with van der Waals surface area (Å²) in [7, 11) is 4.66. The van der Waals surface area contributed by atoms with Crippen molar-refractivity contribution in [2.45, 2.75) is 147 Å². The van der Waals surface area contributed by atoms with Gasteiger partial charge in [0.1, 0.15) is 18.1 Å². The number of hydrogen-bond acceptors (Lipinski definition) is 12. The van der Waals surface area contributed by atoms with Gasteiger partial charge in [-0.15, -0.1) is 0 Å². The molecule has 6 rings (SSSR count). The number of pyridine rings is 1. The van der Waals surface area contributed by atoms with Gasteiger partial charge in [0.05, 0.1) is 37.4 Å². The fourth-order valence-corrected chi connectivity index (χ4v) is 8.14. The maximum atomic E-state index is 12.3. The summed E-state index contributed by atoms with van der Waals surface area (Å²) < 4.78 is 14.6. The number of aliphatic hydroxyl groups excluding tert-OH is 1. The molecule has 0 radical (unpaired) electrons. The lowest BCUT2D eigenvalue weighted by atomic mass is 10.00. The van der Waals surface area contributed by atoms with Crippen molar-refractivity contribution < 1.29 is 44.3 Å². The Morgan fingerprint density at radius 3 is 2.15 bits per heavy atom. The van der Waals surface area contributed by atoms with E-state index >= 15 is 0 Å². The summed E-state index contributed by atoms with van der Waals surface area (Å²) >= 11 is 1.85. The molecule has 4 aliphatic rings. The molecule has 3 saturated carbocycles. The number of likely N-dealkylation sites (tertiary alicyclic amines) is 1. The fourth-order valence-electron chi connectivity index (χ4n) is 7.44. The fraction of sp³-hybridized carbons (Fsp3) is 0.674. The molecule has 1 saturated heterocycles. The Kier molecular flexibility index (Phi) is 31.5. The van der Waals surface area contributed by atoms with Crippen molar-refractivity contribution in [3.8, 4) is 11.6 Å². The predicted octanol–water partition coefficient (Wildman–Crippen LogP) is 7.76. The predicted molar refractivity (Wildman–Crippen MR) is 246 cm³/mol. The number of carbonyl (C=O) groups excluding carboxylic acids is 4. The second kappa shape index (κ2) is 34.8. The quantitative estimate of drug-likeness (QED) is 0.0280. The highest BCUT2D eigenvalue weighted by Gasteiger charge is 2.35. The highest BCUT2D eigenvalue weighted by atomic mass is 32.2. The molecule has 1 aromatic carbocycles. The van der Waals surface area contributed by atoms with Gasteiger partial charge in [-0.3, -0.25) is 29.6 Å². The average molecular weight is 876 g/mol. The lowest BCUT2D eigenvalue weighted by Gasteiger charge is -2.26. The van der Waals surface area contributed by atoms with E-state index in [2.05, 4.69) is 38.6 Å². The lowest BCUT2D eigenvalue weighted by Crippen LogP contribution is -2.52. The molecule has 0 spiro atoms. The Morgan fingerprint density at radius 2 is 1.61 bits per heavy atom. The number of methoxy groups -OCH3 is 1. The summed E-state index contributed by atoms with van der Waals surface area (Å²) in [6.07, 6.45) is 27.1. The summed E-state index contributed by atoms with van der Waals surface area (Å²) in [5, 5.41) is 26.0. The molecule has 0 bridgehead atoms. The molecule has 3 amide bonds. The number of carbonyl (C=O) groups is 4. The zero-order valence-corrected chi connectivity index (χ0v) is 38.6. The molecule has 14 nitrogen and oxygen atoms in total. The van der Waals surface area contributed by atoms with E-state index in [4.69, 9.17) is 25.1 Å². The van der Waals surface area contributed by atoms with E-state index in [-0.39, 0.29) is 24.3 Å². The van der Waals surface area contributed by atoms with Crippen LogP contribution in [0.5, 0.6) is 11.6 Å². The molecular formula is C46H77N5O9S. The van der Waals surface area contributed by atoms with Crippen LogP contribution in [0.3, 0.4) is 0 Å². The van der Waals surface area contributed by atoms with E-state index in [0.29, 0.717) is 31.9 Å². The Balaban J connectivity index is 0.000000460. The molecule has 1 aromatic heterocycles. The zero-order valence-electron chi connectivity index (χ0n) is 37.7. The first kappa shape index (κ1) is 55.3. The van der Waals surface area contributed by atoms with Crippen LogP contribution in [0.25, 0.3) is 10.9 Å². The van der Waals surface area contributed by atoms with Crippen LogP contribution in [0.15, 0.2) is 36.4 Å². The number of fused-ring (bicyclic) bond motifs is 1.